The molecule has 1 aromatic carbocycles. The van der Waals surface area contributed by atoms with E-state index in [1.807, 2.05) is 6.92 Å². The molecule has 1 heterocycles. The lowest BCUT2D eigenvalue weighted by Gasteiger charge is -2.04. The average Bonchev–Trinajstić information content (AvgIpc) is 2.75. The highest BCUT2D eigenvalue weighted by molar-refractivity contribution is 7.86. The Labute approximate surface area is 112 Å². The molecule has 6 nitrogen and oxygen atoms in total. The van der Waals surface area contributed by atoms with Gasteiger partial charge in [0, 0.05) is 19.7 Å². The summed E-state index contributed by atoms with van der Waals surface area (Å²) < 4.78 is 30.3. The second kappa shape index (κ2) is 5.50. The van der Waals surface area contributed by atoms with Gasteiger partial charge in [-0.2, -0.15) is 8.42 Å². The van der Waals surface area contributed by atoms with Crippen molar-refractivity contribution in [2.24, 2.45) is 7.05 Å². The van der Waals surface area contributed by atoms with Gasteiger partial charge in [0.05, 0.1) is 17.2 Å². The maximum atomic E-state index is 11.9. The minimum absolute atomic E-state index is 0.0505. The predicted molar refractivity (Wildman–Crippen MR) is 69.0 cm³/mol. The van der Waals surface area contributed by atoms with Crippen molar-refractivity contribution in [1.82, 2.24) is 15.0 Å². The van der Waals surface area contributed by atoms with Gasteiger partial charge in [0.25, 0.3) is 10.1 Å². The lowest BCUT2D eigenvalue weighted by molar-refractivity contribution is 0.321. The van der Waals surface area contributed by atoms with Crippen LogP contribution in [-0.4, -0.2) is 30.0 Å². The molecular weight excluding hydrogens is 266 g/mol. The fraction of sp³-hybridized carbons (Fsp3) is 0.333. The van der Waals surface area contributed by atoms with E-state index >= 15 is 0 Å². The Balaban J connectivity index is 1.96. The monoisotopic (exact) mass is 281 g/mol. The third kappa shape index (κ3) is 3.62. The highest BCUT2D eigenvalue weighted by Gasteiger charge is 2.14. The van der Waals surface area contributed by atoms with Crippen molar-refractivity contribution in [2.75, 3.05) is 6.61 Å². The summed E-state index contributed by atoms with van der Waals surface area (Å²) in [5.41, 5.74) is 1.69. The standard InChI is InChI=1S/C12H15N3O3S/c1-10-3-5-12(6-4-10)19(16,17)18-8-7-11-9-15(2)14-13-11/h3-6,9H,7-8H2,1-2H3. The van der Waals surface area contributed by atoms with Gasteiger partial charge in [-0.3, -0.25) is 8.86 Å². The van der Waals surface area contributed by atoms with Crippen LogP contribution in [0.3, 0.4) is 0 Å². The van der Waals surface area contributed by atoms with Crippen LogP contribution in [0.1, 0.15) is 11.3 Å². The van der Waals surface area contributed by atoms with Crippen LogP contribution in [0, 0.1) is 6.92 Å². The van der Waals surface area contributed by atoms with Crippen molar-refractivity contribution in [3.05, 3.63) is 41.7 Å². The molecule has 7 heteroatoms. The van der Waals surface area contributed by atoms with Crippen LogP contribution in [-0.2, 0) is 27.8 Å². The molecule has 0 aliphatic carbocycles. The number of hydrogen-bond acceptors (Lipinski definition) is 5. The summed E-state index contributed by atoms with van der Waals surface area (Å²) in [7, 11) is -1.94. The van der Waals surface area contributed by atoms with E-state index in [9.17, 15) is 8.42 Å². The van der Waals surface area contributed by atoms with Crippen LogP contribution < -0.4 is 0 Å². The van der Waals surface area contributed by atoms with Gasteiger partial charge in [-0.1, -0.05) is 22.9 Å². The normalized spacial score (nSPS) is 11.7. The molecule has 0 radical (unpaired) electrons. The van der Waals surface area contributed by atoms with Crippen LogP contribution in [0.5, 0.6) is 0 Å². The molecule has 102 valence electrons. The van der Waals surface area contributed by atoms with Gasteiger partial charge in [-0.25, -0.2) is 0 Å². The maximum absolute atomic E-state index is 11.9. The molecule has 0 atom stereocenters. The molecule has 0 aliphatic rings. The molecule has 0 bridgehead atoms. The summed E-state index contributed by atoms with van der Waals surface area (Å²) in [6.07, 6.45) is 2.13. The Morgan fingerprint density at radius 3 is 2.53 bits per heavy atom. The van der Waals surface area contributed by atoms with E-state index in [0.29, 0.717) is 12.1 Å². The smallest absolute Gasteiger partial charge is 0.266 e. The molecule has 2 rings (SSSR count). The lowest BCUT2D eigenvalue weighted by Crippen LogP contribution is -2.09. The van der Waals surface area contributed by atoms with Crippen molar-refractivity contribution in [3.8, 4) is 0 Å². The number of hydrogen-bond donors (Lipinski definition) is 0. The average molecular weight is 281 g/mol. The van der Waals surface area contributed by atoms with Gasteiger partial charge in [-0.05, 0) is 19.1 Å². The first-order chi connectivity index (χ1) is 8.97. The summed E-state index contributed by atoms with van der Waals surface area (Å²) in [6, 6.07) is 6.54. The van der Waals surface area contributed by atoms with Crippen LogP contribution in [0.2, 0.25) is 0 Å². The lowest BCUT2D eigenvalue weighted by atomic mass is 10.2. The zero-order valence-corrected chi connectivity index (χ0v) is 11.6. The molecule has 0 saturated heterocycles. The predicted octanol–water partition coefficient (Wildman–Crippen LogP) is 1.07. The molecule has 0 fully saturated rings. The van der Waals surface area contributed by atoms with Gasteiger partial charge in [-0.15, -0.1) is 5.10 Å². The van der Waals surface area contributed by atoms with Crippen LogP contribution >= 0.6 is 0 Å². The van der Waals surface area contributed by atoms with Gasteiger partial charge in [0.15, 0.2) is 0 Å². The van der Waals surface area contributed by atoms with E-state index in [4.69, 9.17) is 4.18 Å². The van der Waals surface area contributed by atoms with Crippen molar-refractivity contribution >= 4 is 10.1 Å². The number of aryl methyl sites for hydroxylation is 2. The minimum Gasteiger partial charge on any atom is -0.266 e. The highest BCUT2D eigenvalue weighted by atomic mass is 32.2. The van der Waals surface area contributed by atoms with E-state index in [2.05, 4.69) is 10.3 Å². The molecule has 0 N–H and O–H groups in total. The summed E-state index contributed by atoms with van der Waals surface area (Å²) in [6.45, 7) is 1.94. The van der Waals surface area contributed by atoms with Crippen molar-refractivity contribution in [1.29, 1.82) is 0 Å². The fourth-order valence-corrected chi connectivity index (χ4v) is 2.45. The summed E-state index contributed by atoms with van der Waals surface area (Å²) >= 11 is 0. The second-order valence-electron chi connectivity index (χ2n) is 4.22. The SMILES string of the molecule is Cc1ccc(S(=O)(=O)OCCc2cn(C)nn2)cc1. The molecule has 2 aromatic rings. The van der Waals surface area contributed by atoms with Crippen LogP contribution in [0.4, 0.5) is 0 Å². The Morgan fingerprint density at radius 1 is 1.26 bits per heavy atom. The van der Waals surface area contributed by atoms with Gasteiger partial charge in [0.1, 0.15) is 0 Å². The van der Waals surface area contributed by atoms with Gasteiger partial charge >= 0.3 is 0 Å². The molecule has 0 amide bonds. The first-order valence-electron chi connectivity index (χ1n) is 5.79. The zero-order valence-electron chi connectivity index (χ0n) is 10.8. The summed E-state index contributed by atoms with van der Waals surface area (Å²) in [5, 5.41) is 7.62. The van der Waals surface area contributed by atoms with Gasteiger partial charge < -0.3 is 0 Å². The molecule has 0 aliphatic heterocycles. The third-order valence-corrected chi connectivity index (χ3v) is 3.88. The molecule has 19 heavy (non-hydrogen) atoms. The molecular formula is C12H15N3O3S. The Bertz CT molecular complexity index is 647. The first-order valence-corrected chi connectivity index (χ1v) is 7.19. The Hall–Kier alpha value is -1.73. The van der Waals surface area contributed by atoms with Crippen molar-refractivity contribution in [3.63, 3.8) is 0 Å². The largest absolute Gasteiger partial charge is 0.296 e. The number of benzene rings is 1. The number of aromatic nitrogens is 3. The highest BCUT2D eigenvalue weighted by Crippen LogP contribution is 2.13. The van der Waals surface area contributed by atoms with E-state index < -0.39 is 10.1 Å². The number of nitrogens with zero attached hydrogens (tertiary/aromatic N) is 3. The molecule has 0 spiro atoms. The van der Waals surface area contributed by atoms with E-state index in [0.717, 1.165) is 5.56 Å². The second-order valence-corrected chi connectivity index (χ2v) is 5.84. The number of rotatable bonds is 5. The fourth-order valence-electron chi connectivity index (χ4n) is 1.54. The van der Waals surface area contributed by atoms with Crippen molar-refractivity contribution < 1.29 is 12.6 Å². The van der Waals surface area contributed by atoms with E-state index in [1.165, 1.54) is 12.1 Å². The molecule has 1 aromatic heterocycles. The van der Waals surface area contributed by atoms with E-state index in [-0.39, 0.29) is 11.5 Å². The third-order valence-electron chi connectivity index (χ3n) is 2.56. The summed E-state index contributed by atoms with van der Waals surface area (Å²) in [5.74, 6) is 0. The molecule has 0 unspecified atom stereocenters. The topological polar surface area (TPSA) is 74.1 Å². The quantitative estimate of drug-likeness (QED) is 0.766. The van der Waals surface area contributed by atoms with E-state index in [1.54, 1.807) is 30.1 Å². The van der Waals surface area contributed by atoms with Crippen LogP contribution in [0.15, 0.2) is 35.4 Å². The molecule has 0 saturated carbocycles. The Kier molecular flexibility index (Phi) is 3.96. The minimum atomic E-state index is -3.70. The first kappa shape index (κ1) is 13.7. The summed E-state index contributed by atoms with van der Waals surface area (Å²) in [4.78, 5) is 0.164. The van der Waals surface area contributed by atoms with Crippen molar-refractivity contribution in [2.45, 2.75) is 18.2 Å². The Morgan fingerprint density at radius 2 is 1.95 bits per heavy atom. The van der Waals surface area contributed by atoms with Gasteiger partial charge in [0.2, 0.25) is 0 Å². The van der Waals surface area contributed by atoms with Crippen LogP contribution in [0.25, 0.3) is 0 Å². The zero-order chi connectivity index (χ0) is 13.9. The maximum Gasteiger partial charge on any atom is 0.296 e.